The Morgan fingerprint density at radius 1 is 1.04 bits per heavy atom. The highest BCUT2D eigenvalue weighted by Crippen LogP contribution is 2.28. The highest BCUT2D eigenvalue weighted by atomic mass is 32.2. The minimum atomic E-state index is -3.84. The summed E-state index contributed by atoms with van der Waals surface area (Å²) in [5, 5.41) is 8.78. The fourth-order valence-electron chi connectivity index (χ4n) is 2.72. The van der Waals surface area contributed by atoms with Crippen LogP contribution in [0.4, 0.5) is 11.4 Å². The van der Waals surface area contributed by atoms with E-state index in [1.807, 2.05) is 6.07 Å². The maximum Gasteiger partial charge on any atom is 0.261 e. The molecular weight excluding hydrogens is 354 g/mol. The van der Waals surface area contributed by atoms with Gasteiger partial charge in [-0.1, -0.05) is 0 Å². The molecule has 26 heavy (non-hydrogen) atoms. The van der Waals surface area contributed by atoms with Crippen LogP contribution < -0.4 is 9.62 Å². The first-order valence-electron chi connectivity index (χ1n) is 7.81. The summed E-state index contributed by atoms with van der Waals surface area (Å²) in [6.45, 7) is 1.65. The molecule has 2 aromatic carbocycles. The number of anilines is 2. The molecule has 2 amide bonds. The zero-order valence-corrected chi connectivity index (χ0v) is 14.7. The summed E-state index contributed by atoms with van der Waals surface area (Å²) in [6.07, 6.45) is 0.330. The number of hydrogen-bond acceptors (Lipinski definition) is 5. The van der Waals surface area contributed by atoms with Crippen LogP contribution in [-0.4, -0.2) is 20.2 Å². The van der Waals surface area contributed by atoms with Crippen molar-refractivity contribution in [3.63, 3.8) is 0 Å². The van der Waals surface area contributed by atoms with Crippen molar-refractivity contribution in [3.8, 4) is 6.07 Å². The van der Waals surface area contributed by atoms with Gasteiger partial charge in [-0.25, -0.2) is 8.42 Å². The summed E-state index contributed by atoms with van der Waals surface area (Å²) in [5.41, 5.74) is 1.66. The average Bonchev–Trinajstić information content (AvgIpc) is 2.94. The lowest BCUT2D eigenvalue weighted by Crippen LogP contribution is -2.29. The van der Waals surface area contributed by atoms with E-state index in [4.69, 9.17) is 5.26 Å². The van der Waals surface area contributed by atoms with Crippen LogP contribution in [0.3, 0.4) is 0 Å². The summed E-state index contributed by atoms with van der Waals surface area (Å²) >= 11 is 0. The zero-order valence-electron chi connectivity index (χ0n) is 13.9. The van der Waals surface area contributed by atoms with Gasteiger partial charge in [-0.2, -0.15) is 5.26 Å². The van der Waals surface area contributed by atoms with Crippen molar-refractivity contribution < 1.29 is 18.0 Å². The Morgan fingerprint density at radius 3 is 2.19 bits per heavy atom. The van der Waals surface area contributed by atoms with E-state index in [2.05, 4.69) is 4.72 Å². The number of nitriles is 1. The van der Waals surface area contributed by atoms with Crippen molar-refractivity contribution in [2.75, 3.05) is 9.62 Å². The monoisotopic (exact) mass is 369 g/mol. The number of nitrogens with one attached hydrogen (secondary N) is 1. The number of benzene rings is 2. The van der Waals surface area contributed by atoms with E-state index >= 15 is 0 Å². The predicted octanol–water partition coefficient (Wildman–Crippen LogP) is 2.32. The molecule has 0 atom stereocenters. The van der Waals surface area contributed by atoms with Crippen LogP contribution in [0.5, 0.6) is 0 Å². The molecule has 0 aliphatic carbocycles. The molecule has 7 nitrogen and oxygen atoms in total. The first-order valence-corrected chi connectivity index (χ1v) is 9.29. The van der Waals surface area contributed by atoms with Gasteiger partial charge in [0.05, 0.1) is 22.2 Å². The van der Waals surface area contributed by atoms with Crippen molar-refractivity contribution in [1.82, 2.24) is 0 Å². The number of carbonyl (C=O) groups excluding carboxylic acids is 2. The van der Waals surface area contributed by atoms with Crippen LogP contribution in [0.2, 0.25) is 0 Å². The number of carbonyl (C=O) groups is 2. The molecule has 0 radical (unpaired) electrons. The van der Waals surface area contributed by atoms with E-state index in [-0.39, 0.29) is 29.6 Å². The Labute approximate surface area is 150 Å². The first-order chi connectivity index (χ1) is 12.3. The standard InChI is InChI=1S/C18H15N3O4S/c1-12-10-15(6-7-16(12)21-17(22)8-9-18(21)23)26(24,25)20-14-4-2-13(11-19)3-5-14/h2-7,10,20H,8-9H2,1H3. The van der Waals surface area contributed by atoms with Gasteiger partial charge in [0.25, 0.3) is 10.0 Å². The number of rotatable bonds is 4. The lowest BCUT2D eigenvalue weighted by molar-refractivity contribution is -0.121. The van der Waals surface area contributed by atoms with Crippen LogP contribution in [0.15, 0.2) is 47.4 Å². The summed E-state index contributed by atoms with van der Waals surface area (Å²) < 4.78 is 27.5. The van der Waals surface area contributed by atoms with Gasteiger partial charge >= 0.3 is 0 Å². The van der Waals surface area contributed by atoms with Crippen LogP contribution in [0.1, 0.15) is 24.0 Å². The number of nitrogens with zero attached hydrogens (tertiary/aromatic N) is 2. The van der Waals surface area contributed by atoms with E-state index in [1.54, 1.807) is 6.92 Å². The molecule has 2 aromatic rings. The Bertz CT molecular complexity index is 1020. The number of amides is 2. The molecule has 0 bridgehead atoms. The minimum Gasteiger partial charge on any atom is -0.280 e. The summed E-state index contributed by atoms with van der Waals surface area (Å²) in [5.74, 6) is -0.575. The zero-order chi connectivity index (χ0) is 18.9. The third-order valence-electron chi connectivity index (χ3n) is 4.04. The van der Waals surface area contributed by atoms with Crippen molar-refractivity contribution in [2.45, 2.75) is 24.7 Å². The van der Waals surface area contributed by atoms with Crippen LogP contribution in [0.25, 0.3) is 0 Å². The molecule has 1 aliphatic heterocycles. The van der Waals surface area contributed by atoms with Crippen LogP contribution in [0, 0.1) is 18.3 Å². The lowest BCUT2D eigenvalue weighted by Gasteiger charge is -2.17. The van der Waals surface area contributed by atoms with E-state index in [0.717, 1.165) is 4.90 Å². The molecule has 1 aliphatic rings. The maximum atomic E-state index is 12.5. The van der Waals surface area contributed by atoms with Crippen LogP contribution in [-0.2, 0) is 19.6 Å². The van der Waals surface area contributed by atoms with Crippen molar-refractivity contribution in [2.24, 2.45) is 0 Å². The molecule has 1 saturated heterocycles. The quantitative estimate of drug-likeness (QED) is 0.832. The highest BCUT2D eigenvalue weighted by Gasteiger charge is 2.31. The van der Waals surface area contributed by atoms with Crippen molar-refractivity contribution in [1.29, 1.82) is 5.26 Å². The van der Waals surface area contributed by atoms with Gasteiger partial charge in [0.1, 0.15) is 0 Å². The number of imide groups is 1. The summed E-state index contributed by atoms with van der Waals surface area (Å²) in [6, 6.07) is 12.2. The fourth-order valence-corrected chi connectivity index (χ4v) is 3.86. The summed E-state index contributed by atoms with van der Waals surface area (Å²) in [7, 11) is -3.84. The third-order valence-corrected chi connectivity index (χ3v) is 5.42. The lowest BCUT2D eigenvalue weighted by atomic mass is 10.2. The second kappa shape index (κ2) is 6.61. The molecule has 3 rings (SSSR count). The average molecular weight is 369 g/mol. The highest BCUT2D eigenvalue weighted by molar-refractivity contribution is 7.92. The smallest absolute Gasteiger partial charge is 0.261 e. The Balaban J connectivity index is 1.88. The molecule has 0 saturated carbocycles. The molecule has 1 heterocycles. The third kappa shape index (κ3) is 3.30. The predicted molar refractivity (Wildman–Crippen MR) is 94.9 cm³/mol. The Morgan fingerprint density at radius 2 is 1.65 bits per heavy atom. The molecule has 1 N–H and O–H groups in total. The topological polar surface area (TPSA) is 107 Å². The van der Waals surface area contributed by atoms with E-state index in [9.17, 15) is 18.0 Å². The normalized spacial score (nSPS) is 14.4. The molecule has 1 fully saturated rings. The van der Waals surface area contributed by atoms with E-state index in [1.165, 1.54) is 42.5 Å². The van der Waals surface area contributed by atoms with Gasteiger partial charge < -0.3 is 0 Å². The van der Waals surface area contributed by atoms with Gasteiger partial charge in [0.15, 0.2) is 0 Å². The van der Waals surface area contributed by atoms with Crippen LogP contribution >= 0.6 is 0 Å². The van der Waals surface area contributed by atoms with Gasteiger partial charge in [-0.3, -0.25) is 19.2 Å². The second-order valence-electron chi connectivity index (χ2n) is 5.87. The molecular formula is C18H15N3O4S. The second-order valence-corrected chi connectivity index (χ2v) is 7.55. The number of hydrogen-bond donors (Lipinski definition) is 1. The van der Waals surface area contributed by atoms with Gasteiger partial charge in [-0.15, -0.1) is 0 Å². The Kier molecular flexibility index (Phi) is 4.49. The van der Waals surface area contributed by atoms with E-state index < -0.39 is 10.0 Å². The number of aryl methyl sites for hydroxylation is 1. The fraction of sp³-hybridized carbons (Fsp3) is 0.167. The number of sulfonamides is 1. The SMILES string of the molecule is Cc1cc(S(=O)(=O)Nc2ccc(C#N)cc2)ccc1N1C(=O)CCC1=O. The van der Waals surface area contributed by atoms with Gasteiger partial charge in [-0.05, 0) is 55.0 Å². The minimum absolute atomic E-state index is 0.0159. The molecule has 0 spiro atoms. The first kappa shape index (κ1) is 17.6. The largest absolute Gasteiger partial charge is 0.280 e. The molecule has 0 unspecified atom stereocenters. The summed E-state index contributed by atoms with van der Waals surface area (Å²) in [4.78, 5) is 24.8. The molecule has 132 valence electrons. The Hall–Kier alpha value is -3.18. The maximum absolute atomic E-state index is 12.5. The molecule has 8 heteroatoms. The van der Waals surface area contributed by atoms with Gasteiger partial charge in [0, 0.05) is 18.5 Å². The van der Waals surface area contributed by atoms with Crippen molar-refractivity contribution in [3.05, 3.63) is 53.6 Å². The van der Waals surface area contributed by atoms with Gasteiger partial charge in [0.2, 0.25) is 11.8 Å². The molecule has 0 aromatic heterocycles. The van der Waals surface area contributed by atoms with E-state index in [0.29, 0.717) is 22.5 Å². The van der Waals surface area contributed by atoms with Crippen molar-refractivity contribution >= 4 is 33.2 Å².